The zero-order valence-electron chi connectivity index (χ0n) is 15.1. The third kappa shape index (κ3) is 3.77. The van der Waals surface area contributed by atoms with Gasteiger partial charge in [0, 0.05) is 37.1 Å². The molecule has 3 aromatic heterocycles. The molecule has 1 amide bonds. The molecule has 1 N–H and O–H groups in total. The fourth-order valence-electron chi connectivity index (χ4n) is 2.43. The SMILES string of the molecule is CC(C)n1nccc1NC(=O)[C@@H](C)Sc1nnc(-c2cccnc2)n1C. The van der Waals surface area contributed by atoms with Crippen molar-refractivity contribution in [3.63, 3.8) is 0 Å². The predicted octanol–water partition coefficient (Wildman–Crippen LogP) is 2.77. The summed E-state index contributed by atoms with van der Waals surface area (Å²) >= 11 is 1.36. The Morgan fingerprint density at radius 3 is 2.69 bits per heavy atom. The van der Waals surface area contributed by atoms with Crippen LogP contribution in [-0.4, -0.2) is 40.7 Å². The van der Waals surface area contributed by atoms with Crippen LogP contribution in [0, 0.1) is 0 Å². The van der Waals surface area contributed by atoms with Gasteiger partial charge in [-0.15, -0.1) is 10.2 Å². The van der Waals surface area contributed by atoms with Crippen LogP contribution in [0.25, 0.3) is 11.4 Å². The number of hydrogen-bond acceptors (Lipinski definition) is 6. The average Bonchev–Trinajstić information content (AvgIpc) is 3.23. The van der Waals surface area contributed by atoms with Crippen LogP contribution in [0.1, 0.15) is 26.8 Å². The van der Waals surface area contributed by atoms with Crippen molar-refractivity contribution in [3.8, 4) is 11.4 Å². The summed E-state index contributed by atoms with van der Waals surface area (Å²) in [6.45, 7) is 5.87. The molecule has 3 heterocycles. The van der Waals surface area contributed by atoms with Crippen LogP contribution in [0.3, 0.4) is 0 Å². The van der Waals surface area contributed by atoms with Gasteiger partial charge in [-0.25, -0.2) is 4.68 Å². The summed E-state index contributed by atoms with van der Waals surface area (Å²) in [5, 5.41) is 15.9. The molecule has 8 nitrogen and oxygen atoms in total. The quantitative estimate of drug-likeness (QED) is 0.670. The first-order chi connectivity index (χ1) is 12.5. The zero-order chi connectivity index (χ0) is 18.7. The smallest absolute Gasteiger partial charge is 0.238 e. The van der Waals surface area contributed by atoms with Gasteiger partial charge in [0.2, 0.25) is 5.91 Å². The maximum Gasteiger partial charge on any atom is 0.238 e. The minimum absolute atomic E-state index is 0.108. The number of nitrogens with one attached hydrogen (secondary N) is 1. The molecule has 0 bridgehead atoms. The molecule has 0 fully saturated rings. The molecule has 26 heavy (non-hydrogen) atoms. The third-order valence-corrected chi connectivity index (χ3v) is 4.95. The van der Waals surface area contributed by atoms with Gasteiger partial charge in [0.15, 0.2) is 11.0 Å². The van der Waals surface area contributed by atoms with Crippen molar-refractivity contribution >= 4 is 23.5 Å². The molecule has 0 saturated carbocycles. The summed E-state index contributed by atoms with van der Waals surface area (Å²) in [6.07, 6.45) is 5.13. The van der Waals surface area contributed by atoms with E-state index in [1.165, 1.54) is 11.8 Å². The largest absolute Gasteiger partial charge is 0.310 e. The molecule has 0 aliphatic heterocycles. The number of hydrogen-bond donors (Lipinski definition) is 1. The van der Waals surface area contributed by atoms with Crippen LogP contribution in [0.4, 0.5) is 5.82 Å². The lowest BCUT2D eigenvalue weighted by atomic mass is 10.3. The number of pyridine rings is 1. The first-order valence-electron chi connectivity index (χ1n) is 8.28. The van der Waals surface area contributed by atoms with E-state index in [1.54, 1.807) is 29.3 Å². The molecule has 0 aromatic carbocycles. The molecule has 0 spiro atoms. The summed E-state index contributed by atoms with van der Waals surface area (Å²) in [7, 11) is 1.88. The van der Waals surface area contributed by atoms with E-state index >= 15 is 0 Å². The Hall–Kier alpha value is -2.68. The lowest BCUT2D eigenvalue weighted by Gasteiger charge is -2.14. The van der Waals surface area contributed by atoms with Crippen LogP contribution in [0.5, 0.6) is 0 Å². The highest BCUT2D eigenvalue weighted by atomic mass is 32.2. The van der Waals surface area contributed by atoms with Gasteiger partial charge in [-0.2, -0.15) is 5.10 Å². The van der Waals surface area contributed by atoms with Crippen LogP contribution >= 0.6 is 11.8 Å². The first-order valence-corrected chi connectivity index (χ1v) is 9.16. The van der Waals surface area contributed by atoms with E-state index in [0.717, 1.165) is 5.56 Å². The number of amides is 1. The third-order valence-electron chi connectivity index (χ3n) is 3.82. The number of nitrogens with zero attached hydrogens (tertiary/aromatic N) is 6. The first kappa shape index (κ1) is 18.1. The van der Waals surface area contributed by atoms with Crippen LogP contribution in [0.2, 0.25) is 0 Å². The molecule has 1 atom stereocenters. The van der Waals surface area contributed by atoms with Crippen molar-refractivity contribution in [2.45, 2.75) is 37.2 Å². The standard InChI is InChI=1S/C17H21N7OS/c1-11(2)24-14(7-9-19-24)20-16(25)12(3)26-17-22-21-15(23(17)4)13-6-5-8-18-10-13/h5-12H,1-4H3,(H,20,25)/t12-/m1/s1. The maximum absolute atomic E-state index is 12.5. The number of carbonyl (C=O) groups excluding carboxylic acids is 1. The number of thioether (sulfide) groups is 1. The summed E-state index contributed by atoms with van der Waals surface area (Å²) in [5.74, 6) is 1.29. The van der Waals surface area contributed by atoms with Crippen molar-refractivity contribution in [1.82, 2.24) is 29.5 Å². The summed E-state index contributed by atoms with van der Waals surface area (Å²) in [5.41, 5.74) is 0.882. The Labute approximate surface area is 156 Å². The topological polar surface area (TPSA) is 90.5 Å². The molecule has 9 heteroatoms. The lowest BCUT2D eigenvalue weighted by molar-refractivity contribution is -0.115. The molecular formula is C17H21N7OS. The second-order valence-electron chi connectivity index (χ2n) is 6.11. The van der Waals surface area contributed by atoms with Crippen molar-refractivity contribution in [3.05, 3.63) is 36.8 Å². The van der Waals surface area contributed by atoms with E-state index in [9.17, 15) is 4.79 Å². The van der Waals surface area contributed by atoms with Gasteiger partial charge in [-0.3, -0.25) is 9.78 Å². The van der Waals surface area contributed by atoms with E-state index in [0.29, 0.717) is 16.8 Å². The molecule has 0 aliphatic carbocycles. The summed E-state index contributed by atoms with van der Waals surface area (Å²) < 4.78 is 3.64. The van der Waals surface area contributed by atoms with Gasteiger partial charge in [-0.1, -0.05) is 11.8 Å². The van der Waals surface area contributed by atoms with Gasteiger partial charge < -0.3 is 9.88 Å². The fourth-order valence-corrected chi connectivity index (χ4v) is 3.24. The second-order valence-corrected chi connectivity index (χ2v) is 7.42. The Balaban J connectivity index is 1.70. The van der Waals surface area contributed by atoms with Gasteiger partial charge in [0.25, 0.3) is 0 Å². The van der Waals surface area contributed by atoms with Crippen LogP contribution in [0.15, 0.2) is 41.9 Å². The molecular weight excluding hydrogens is 350 g/mol. The highest BCUT2D eigenvalue weighted by molar-refractivity contribution is 8.00. The molecule has 0 aliphatic rings. The summed E-state index contributed by atoms with van der Waals surface area (Å²) in [6, 6.07) is 5.74. The van der Waals surface area contributed by atoms with E-state index < -0.39 is 0 Å². The van der Waals surface area contributed by atoms with E-state index in [-0.39, 0.29) is 17.2 Å². The number of anilines is 1. The molecule has 0 unspecified atom stereocenters. The van der Waals surface area contributed by atoms with E-state index in [4.69, 9.17) is 0 Å². The highest BCUT2D eigenvalue weighted by Crippen LogP contribution is 2.26. The minimum Gasteiger partial charge on any atom is -0.310 e. The Kier molecular flexibility index (Phi) is 5.36. The second kappa shape index (κ2) is 7.69. The number of aromatic nitrogens is 6. The van der Waals surface area contributed by atoms with Gasteiger partial charge >= 0.3 is 0 Å². The highest BCUT2D eigenvalue weighted by Gasteiger charge is 2.20. The van der Waals surface area contributed by atoms with E-state index in [2.05, 4.69) is 25.6 Å². The lowest BCUT2D eigenvalue weighted by Crippen LogP contribution is -2.25. The van der Waals surface area contributed by atoms with Crippen LogP contribution < -0.4 is 5.32 Å². The van der Waals surface area contributed by atoms with Crippen molar-refractivity contribution in [1.29, 1.82) is 0 Å². The monoisotopic (exact) mass is 371 g/mol. The maximum atomic E-state index is 12.5. The molecule has 3 rings (SSSR count). The van der Waals surface area contributed by atoms with Gasteiger partial charge in [-0.05, 0) is 32.9 Å². The number of rotatable bonds is 6. The van der Waals surface area contributed by atoms with Gasteiger partial charge in [0.1, 0.15) is 5.82 Å². The molecule has 0 saturated heterocycles. The Morgan fingerprint density at radius 1 is 1.19 bits per heavy atom. The average molecular weight is 371 g/mol. The van der Waals surface area contributed by atoms with Crippen molar-refractivity contribution < 1.29 is 4.79 Å². The Bertz CT molecular complexity index is 888. The normalized spacial score (nSPS) is 12.3. The fraction of sp³-hybridized carbons (Fsp3) is 0.353. The minimum atomic E-state index is -0.338. The zero-order valence-corrected chi connectivity index (χ0v) is 15.9. The summed E-state index contributed by atoms with van der Waals surface area (Å²) in [4.78, 5) is 16.6. The predicted molar refractivity (Wildman–Crippen MR) is 101 cm³/mol. The van der Waals surface area contributed by atoms with Gasteiger partial charge in [0.05, 0.1) is 11.4 Å². The Morgan fingerprint density at radius 2 is 2.00 bits per heavy atom. The molecule has 136 valence electrons. The van der Waals surface area contributed by atoms with E-state index in [1.807, 2.05) is 44.5 Å². The molecule has 0 radical (unpaired) electrons. The van der Waals surface area contributed by atoms with Crippen LogP contribution in [-0.2, 0) is 11.8 Å². The van der Waals surface area contributed by atoms with Crippen molar-refractivity contribution in [2.75, 3.05) is 5.32 Å². The number of carbonyl (C=O) groups is 1. The molecule has 3 aromatic rings. The van der Waals surface area contributed by atoms with Crippen molar-refractivity contribution in [2.24, 2.45) is 7.05 Å².